The lowest BCUT2D eigenvalue weighted by molar-refractivity contribution is -0.0439. The van der Waals surface area contributed by atoms with Crippen molar-refractivity contribution in [1.82, 2.24) is 9.88 Å². The highest BCUT2D eigenvalue weighted by molar-refractivity contribution is 6.00. The maximum absolute atomic E-state index is 13.2. The first-order valence-corrected chi connectivity index (χ1v) is 9.50. The average molecular weight is 384 g/mol. The van der Waals surface area contributed by atoms with Crippen LogP contribution in [0, 0.1) is 11.7 Å². The van der Waals surface area contributed by atoms with Gasteiger partial charge < -0.3 is 21.1 Å². The number of nitrogens with zero attached hydrogens (tertiary/aromatic N) is 1. The molecule has 1 amide bonds. The first-order valence-electron chi connectivity index (χ1n) is 9.50. The fourth-order valence-corrected chi connectivity index (χ4v) is 4.49. The molecule has 3 saturated carbocycles. The van der Waals surface area contributed by atoms with Gasteiger partial charge in [-0.25, -0.2) is 4.39 Å². The number of hydrogen-bond acceptors (Lipinski definition) is 5. The summed E-state index contributed by atoms with van der Waals surface area (Å²) in [6.07, 6.45) is 2.82. The Morgan fingerprint density at radius 3 is 2.54 bits per heavy atom. The molecular weight excluding hydrogens is 363 g/mol. The number of hydrogen-bond donors (Lipinski definition) is 4. The molecular formula is C20H21FN4O3. The Labute approximate surface area is 160 Å². The van der Waals surface area contributed by atoms with Gasteiger partial charge in [0.1, 0.15) is 22.9 Å². The van der Waals surface area contributed by atoms with Crippen LogP contribution < -0.4 is 21.5 Å². The molecule has 0 unspecified atom stereocenters. The third-order valence-corrected chi connectivity index (χ3v) is 6.06. The first-order chi connectivity index (χ1) is 13.5. The fraction of sp³-hybridized carbons (Fsp3) is 0.400. The molecule has 0 atom stereocenters. The van der Waals surface area contributed by atoms with Gasteiger partial charge in [0, 0.05) is 18.6 Å². The summed E-state index contributed by atoms with van der Waals surface area (Å²) in [6.45, 7) is 1.29. The number of fused-ring (bicyclic) bond motifs is 1. The summed E-state index contributed by atoms with van der Waals surface area (Å²) >= 11 is 0. The van der Waals surface area contributed by atoms with Crippen LogP contribution >= 0.6 is 0 Å². The van der Waals surface area contributed by atoms with Crippen LogP contribution in [0.1, 0.15) is 35.2 Å². The van der Waals surface area contributed by atoms with E-state index >= 15 is 0 Å². The van der Waals surface area contributed by atoms with Crippen LogP contribution in [-0.4, -0.2) is 34.2 Å². The van der Waals surface area contributed by atoms with Gasteiger partial charge in [0.15, 0.2) is 5.75 Å². The quantitative estimate of drug-likeness (QED) is 0.646. The highest BCUT2D eigenvalue weighted by atomic mass is 19.1. The van der Waals surface area contributed by atoms with Gasteiger partial charge in [0.25, 0.3) is 11.5 Å². The van der Waals surface area contributed by atoms with Crippen molar-refractivity contribution < 1.29 is 14.3 Å². The van der Waals surface area contributed by atoms with Crippen molar-refractivity contribution >= 4 is 17.4 Å². The van der Waals surface area contributed by atoms with E-state index in [1.807, 2.05) is 0 Å². The van der Waals surface area contributed by atoms with Crippen LogP contribution in [0.3, 0.4) is 0 Å². The van der Waals surface area contributed by atoms with Gasteiger partial charge >= 0.3 is 0 Å². The molecule has 1 aromatic carbocycles. The Morgan fingerprint density at radius 1 is 1.21 bits per heavy atom. The van der Waals surface area contributed by atoms with Gasteiger partial charge in [-0.3, -0.25) is 14.2 Å². The van der Waals surface area contributed by atoms with Crippen LogP contribution in [0.15, 0.2) is 29.1 Å². The van der Waals surface area contributed by atoms with Gasteiger partial charge in [-0.05, 0) is 42.9 Å². The molecule has 6 rings (SSSR count). The third-order valence-electron chi connectivity index (χ3n) is 6.06. The molecule has 7 nitrogen and oxygen atoms in total. The minimum atomic E-state index is -0.569. The maximum Gasteiger partial charge on any atom is 0.269 e. The predicted molar refractivity (Wildman–Crippen MR) is 102 cm³/mol. The number of rotatable bonds is 4. The number of anilines is 2. The molecule has 0 spiro atoms. The zero-order chi connectivity index (χ0) is 19.5. The standard InChI is InChI=1S/C20H21FN4O3/c21-13-3-1-11(2-4-13)10-25-17-15(22-5-6-23-17)16(26)14(19(25)28)18(27)24-20-7-12(8-20)9-20/h1-4,12,22-23,26H,5-10H2,(H,24,27). The zero-order valence-electron chi connectivity index (χ0n) is 15.2. The largest absolute Gasteiger partial charge is 0.505 e. The summed E-state index contributed by atoms with van der Waals surface area (Å²) in [6, 6.07) is 5.85. The normalized spacial score (nSPS) is 24.1. The van der Waals surface area contributed by atoms with E-state index in [4.69, 9.17) is 0 Å². The molecule has 2 heterocycles. The number of amides is 1. The Morgan fingerprint density at radius 2 is 1.89 bits per heavy atom. The van der Waals surface area contributed by atoms with Crippen LogP contribution in [-0.2, 0) is 6.54 Å². The smallest absolute Gasteiger partial charge is 0.269 e. The highest BCUT2D eigenvalue weighted by Gasteiger charge is 2.57. The van der Waals surface area contributed by atoms with Gasteiger partial charge in [-0.2, -0.15) is 0 Å². The minimum absolute atomic E-state index is 0.157. The molecule has 1 aliphatic heterocycles. The Hall–Kier alpha value is -3.03. The molecule has 0 radical (unpaired) electrons. The van der Waals surface area contributed by atoms with E-state index < -0.39 is 11.5 Å². The van der Waals surface area contributed by atoms with Crippen LogP contribution in [0.4, 0.5) is 15.9 Å². The van der Waals surface area contributed by atoms with Crippen molar-refractivity contribution in [1.29, 1.82) is 0 Å². The second-order valence-corrected chi connectivity index (χ2v) is 8.03. The van der Waals surface area contributed by atoms with E-state index in [2.05, 4.69) is 16.0 Å². The molecule has 0 saturated heterocycles. The number of aromatic nitrogens is 1. The van der Waals surface area contributed by atoms with Gasteiger partial charge in [0.2, 0.25) is 0 Å². The Bertz CT molecular complexity index is 1010. The number of pyridine rings is 1. The van der Waals surface area contributed by atoms with Crippen LogP contribution in [0.5, 0.6) is 5.75 Å². The second kappa shape index (κ2) is 5.98. The minimum Gasteiger partial charge on any atom is -0.505 e. The van der Waals surface area contributed by atoms with Crippen molar-refractivity contribution in [3.8, 4) is 5.75 Å². The number of aromatic hydroxyl groups is 1. The highest BCUT2D eigenvalue weighted by Crippen LogP contribution is 2.57. The Balaban J connectivity index is 1.57. The summed E-state index contributed by atoms with van der Waals surface area (Å²) in [4.78, 5) is 26.1. The van der Waals surface area contributed by atoms with Gasteiger partial charge in [-0.1, -0.05) is 12.1 Å². The fourth-order valence-electron chi connectivity index (χ4n) is 4.49. The molecule has 3 aliphatic carbocycles. The molecule has 146 valence electrons. The predicted octanol–water partition coefficient (Wildman–Crippen LogP) is 1.86. The topological polar surface area (TPSA) is 95.4 Å². The van der Waals surface area contributed by atoms with E-state index in [9.17, 15) is 19.1 Å². The summed E-state index contributed by atoms with van der Waals surface area (Å²) in [5.74, 6) is -0.115. The average Bonchev–Trinajstić information content (AvgIpc) is 2.62. The first kappa shape index (κ1) is 17.1. The van der Waals surface area contributed by atoms with Gasteiger partial charge in [-0.15, -0.1) is 0 Å². The molecule has 2 bridgehead atoms. The van der Waals surface area contributed by atoms with E-state index in [-0.39, 0.29) is 29.2 Å². The van der Waals surface area contributed by atoms with E-state index in [1.54, 1.807) is 12.1 Å². The molecule has 4 aliphatic rings. The number of carbonyl (C=O) groups is 1. The van der Waals surface area contributed by atoms with E-state index in [0.717, 1.165) is 24.8 Å². The molecule has 1 aromatic heterocycles. The Kier molecular flexibility index (Phi) is 3.65. The lowest BCUT2D eigenvalue weighted by Crippen LogP contribution is -2.68. The molecule has 8 heteroatoms. The number of halogens is 1. The summed E-state index contributed by atoms with van der Waals surface area (Å²) in [5, 5.41) is 19.8. The zero-order valence-corrected chi connectivity index (χ0v) is 15.2. The molecule has 4 N–H and O–H groups in total. The van der Waals surface area contributed by atoms with Crippen molar-refractivity contribution in [3.63, 3.8) is 0 Å². The lowest BCUT2D eigenvalue weighted by atomic mass is 9.50. The van der Waals surface area contributed by atoms with Gasteiger partial charge in [0.05, 0.1) is 6.54 Å². The second-order valence-electron chi connectivity index (χ2n) is 8.03. The maximum atomic E-state index is 13.2. The summed E-state index contributed by atoms with van der Waals surface area (Å²) < 4.78 is 14.6. The number of benzene rings is 1. The molecule has 28 heavy (non-hydrogen) atoms. The SMILES string of the molecule is O=C(NC12CC(C1)C2)c1c(O)c2c(n(Cc3ccc(F)cc3)c1=O)NCCN2. The van der Waals surface area contributed by atoms with Crippen LogP contribution in [0.25, 0.3) is 0 Å². The monoisotopic (exact) mass is 384 g/mol. The van der Waals surface area contributed by atoms with Crippen LogP contribution in [0.2, 0.25) is 0 Å². The van der Waals surface area contributed by atoms with Crippen molar-refractivity contribution in [3.05, 3.63) is 51.6 Å². The van der Waals surface area contributed by atoms with E-state index in [0.29, 0.717) is 30.5 Å². The number of carbonyl (C=O) groups excluding carboxylic acids is 1. The summed E-state index contributed by atoms with van der Waals surface area (Å²) in [5.41, 5.74) is 0.0391. The summed E-state index contributed by atoms with van der Waals surface area (Å²) in [7, 11) is 0. The third kappa shape index (κ3) is 2.55. The lowest BCUT2D eigenvalue weighted by Gasteiger charge is -2.61. The van der Waals surface area contributed by atoms with Crippen molar-refractivity contribution in [2.24, 2.45) is 5.92 Å². The molecule has 2 aromatic rings. The van der Waals surface area contributed by atoms with E-state index in [1.165, 1.54) is 16.7 Å². The molecule has 3 fully saturated rings. The number of nitrogens with one attached hydrogen (secondary N) is 3. The van der Waals surface area contributed by atoms with Crippen molar-refractivity contribution in [2.45, 2.75) is 31.3 Å². The van der Waals surface area contributed by atoms with Crippen molar-refractivity contribution in [2.75, 3.05) is 23.7 Å².